The fourth-order valence-electron chi connectivity index (χ4n) is 1.56. The maximum absolute atomic E-state index is 5.69. The van der Waals surface area contributed by atoms with Crippen molar-refractivity contribution < 1.29 is 0 Å². The number of rotatable bonds is 2. The number of nitrogens with zero attached hydrogens (tertiary/aromatic N) is 1. The van der Waals surface area contributed by atoms with E-state index in [1.165, 1.54) is 25.7 Å². The SMILES string of the molecule is CC(C)NC(N)=NC1CCCC1. The Bertz CT molecular complexity index is 157. The highest BCUT2D eigenvalue weighted by molar-refractivity contribution is 5.78. The van der Waals surface area contributed by atoms with Crippen molar-refractivity contribution >= 4 is 5.96 Å². The fraction of sp³-hybridized carbons (Fsp3) is 0.889. The Morgan fingerprint density at radius 2 is 2.00 bits per heavy atom. The largest absolute Gasteiger partial charge is 0.370 e. The molecule has 12 heavy (non-hydrogen) atoms. The van der Waals surface area contributed by atoms with Gasteiger partial charge in [-0.3, -0.25) is 4.99 Å². The molecule has 0 amide bonds. The number of nitrogens with two attached hydrogens (primary N) is 1. The third-order valence-corrected chi connectivity index (χ3v) is 2.08. The van der Waals surface area contributed by atoms with Crippen molar-refractivity contribution in [2.24, 2.45) is 10.7 Å². The zero-order valence-electron chi connectivity index (χ0n) is 8.01. The Morgan fingerprint density at radius 3 is 2.50 bits per heavy atom. The average molecular weight is 169 g/mol. The summed E-state index contributed by atoms with van der Waals surface area (Å²) in [5.41, 5.74) is 5.69. The van der Waals surface area contributed by atoms with Crippen LogP contribution in [0.15, 0.2) is 4.99 Å². The molecule has 0 aliphatic heterocycles. The number of nitrogens with one attached hydrogen (secondary N) is 1. The molecular weight excluding hydrogens is 150 g/mol. The van der Waals surface area contributed by atoms with Crippen LogP contribution in [0.4, 0.5) is 0 Å². The van der Waals surface area contributed by atoms with Crippen LogP contribution in [0, 0.1) is 0 Å². The molecule has 3 nitrogen and oxygen atoms in total. The highest BCUT2D eigenvalue weighted by atomic mass is 15.1. The molecule has 0 saturated heterocycles. The third-order valence-electron chi connectivity index (χ3n) is 2.08. The van der Waals surface area contributed by atoms with E-state index in [1.807, 2.05) is 0 Å². The van der Waals surface area contributed by atoms with E-state index in [-0.39, 0.29) is 0 Å². The van der Waals surface area contributed by atoms with Crippen molar-refractivity contribution in [3.63, 3.8) is 0 Å². The van der Waals surface area contributed by atoms with E-state index in [9.17, 15) is 0 Å². The molecule has 0 aromatic heterocycles. The lowest BCUT2D eigenvalue weighted by atomic mass is 10.3. The Hall–Kier alpha value is -0.730. The molecule has 1 aliphatic carbocycles. The van der Waals surface area contributed by atoms with E-state index >= 15 is 0 Å². The number of guanidine groups is 1. The predicted molar refractivity (Wildman–Crippen MR) is 52.2 cm³/mol. The van der Waals surface area contributed by atoms with Gasteiger partial charge in [0, 0.05) is 6.04 Å². The summed E-state index contributed by atoms with van der Waals surface area (Å²) in [6, 6.07) is 0.867. The molecule has 1 aliphatic rings. The average Bonchev–Trinajstić information content (AvgIpc) is 2.37. The molecule has 0 radical (unpaired) electrons. The molecule has 3 N–H and O–H groups in total. The van der Waals surface area contributed by atoms with Crippen molar-refractivity contribution in [3.8, 4) is 0 Å². The van der Waals surface area contributed by atoms with E-state index in [2.05, 4.69) is 24.2 Å². The van der Waals surface area contributed by atoms with Gasteiger partial charge in [-0.25, -0.2) is 0 Å². The van der Waals surface area contributed by atoms with Crippen LogP contribution in [-0.4, -0.2) is 18.0 Å². The van der Waals surface area contributed by atoms with Crippen molar-refractivity contribution in [1.29, 1.82) is 0 Å². The smallest absolute Gasteiger partial charge is 0.189 e. The maximum Gasteiger partial charge on any atom is 0.189 e. The van der Waals surface area contributed by atoms with Crippen LogP contribution in [0.25, 0.3) is 0 Å². The van der Waals surface area contributed by atoms with Crippen LogP contribution in [0.1, 0.15) is 39.5 Å². The molecule has 1 rings (SSSR count). The molecule has 1 saturated carbocycles. The highest BCUT2D eigenvalue weighted by Gasteiger charge is 2.13. The molecule has 0 aromatic carbocycles. The van der Waals surface area contributed by atoms with E-state index < -0.39 is 0 Å². The Morgan fingerprint density at radius 1 is 1.42 bits per heavy atom. The molecule has 1 fully saturated rings. The van der Waals surface area contributed by atoms with Crippen LogP contribution in [-0.2, 0) is 0 Å². The standard InChI is InChI=1S/C9H19N3/c1-7(2)11-9(10)12-8-5-3-4-6-8/h7-8H,3-6H2,1-2H3,(H3,10,11,12). The monoisotopic (exact) mass is 169 g/mol. The molecule has 0 spiro atoms. The van der Waals surface area contributed by atoms with Gasteiger partial charge in [0.2, 0.25) is 0 Å². The second-order valence-electron chi connectivity index (χ2n) is 3.75. The Kier molecular flexibility index (Phi) is 3.38. The molecule has 0 atom stereocenters. The normalized spacial score (nSPS) is 20.4. The predicted octanol–water partition coefficient (Wildman–Crippen LogP) is 1.24. The number of aliphatic imine (C=N–C) groups is 1. The second kappa shape index (κ2) is 4.33. The van der Waals surface area contributed by atoms with Gasteiger partial charge in [-0.15, -0.1) is 0 Å². The van der Waals surface area contributed by atoms with Gasteiger partial charge in [-0.1, -0.05) is 12.8 Å². The first-order chi connectivity index (χ1) is 5.68. The van der Waals surface area contributed by atoms with Gasteiger partial charge in [-0.05, 0) is 26.7 Å². The molecule has 70 valence electrons. The van der Waals surface area contributed by atoms with Gasteiger partial charge < -0.3 is 11.1 Å². The van der Waals surface area contributed by atoms with Crippen molar-refractivity contribution in [2.45, 2.75) is 51.6 Å². The van der Waals surface area contributed by atoms with Crippen molar-refractivity contribution in [1.82, 2.24) is 5.32 Å². The summed E-state index contributed by atoms with van der Waals surface area (Å²) in [7, 11) is 0. The zero-order valence-corrected chi connectivity index (χ0v) is 8.01. The number of hydrogen-bond donors (Lipinski definition) is 2. The second-order valence-corrected chi connectivity index (χ2v) is 3.75. The summed E-state index contributed by atoms with van der Waals surface area (Å²) < 4.78 is 0. The van der Waals surface area contributed by atoms with Gasteiger partial charge in [0.15, 0.2) is 5.96 Å². The fourth-order valence-corrected chi connectivity index (χ4v) is 1.56. The van der Waals surface area contributed by atoms with Crippen LogP contribution >= 0.6 is 0 Å². The van der Waals surface area contributed by atoms with Gasteiger partial charge in [-0.2, -0.15) is 0 Å². The van der Waals surface area contributed by atoms with E-state index in [0.717, 1.165) is 0 Å². The summed E-state index contributed by atoms with van der Waals surface area (Å²) in [6.45, 7) is 4.13. The van der Waals surface area contributed by atoms with Crippen molar-refractivity contribution in [3.05, 3.63) is 0 Å². The first kappa shape index (κ1) is 9.36. The minimum absolute atomic E-state index is 0.384. The molecular formula is C9H19N3. The first-order valence-electron chi connectivity index (χ1n) is 4.78. The van der Waals surface area contributed by atoms with E-state index in [4.69, 9.17) is 5.73 Å². The van der Waals surface area contributed by atoms with Crippen LogP contribution in [0.5, 0.6) is 0 Å². The van der Waals surface area contributed by atoms with E-state index in [1.54, 1.807) is 0 Å². The summed E-state index contributed by atoms with van der Waals surface area (Å²) >= 11 is 0. The quantitative estimate of drug-likeness (QED) is 0.482. The summed E-state index contributed by atoms with van der Waals surface area (Å²) in [6.07, 6.45) is 5.03. The van der Waals surface area contributed by atoms with E-state index in [0.29, 0.717) is 18.0 Å². The first-order valence-corrected chi connectivity index (χ1v) is 4.78. The Labute approximate surface area is 74.4 Å². The van der Waals surface area contributed by atoms with Gasteiger partial charge >= 0.3 is 0 Å². The van der Waals surface area contributed by atoms with Crippen LogP contribution in [0.2, 0.25) is 0 Å². The number of hydrogen-bond acceptors (Lipinski definition) is 1. The Balaban J connectivity index is 2.33. The minimum Gasteiger partial charge on any atom is -0.370 e. The van der Waals surface area contributed by atoms with Gasteiger partial charge in [0.25, 0.3) is 0 Å². The van der Waals surface area contributed by atoms with Crippen LogP contribution < -0.4 is 11.1 Å². The van der Waals surface area contributed by atoms with Crippen LogP contribution in [0.3, 0.4) is 0 Å². The zero-order chi connectivity index (χ0) is 8.97. The molecule has 0 unspecified atom stereocenters. The summed E-state index contributed by atoms with van der Waals surface area (Å²) in [5.74, 6) is 0.608. The van der Waals surface area contributed by atoms with Crippen molar-refractivity contribution in [2.75, 3.05) is 0 Å². The summed E-state index contributed by atoms with van der Waals surface area (Å²) in [5, 5.41) is 3.10. The lowest BCUT2D eigenvalue weighted by Crippen LogP contribution is -2.37. The highest BCUT2D eigenvalue weighted by Crippen LogP contribution is 2.20. The topological polar surface area (TPSA) is 50.4 Å². The molecule has 0 aromatic rings. The molecule has 0 bridgehead atoms. The maximum atomic E-state index is 5.69. The third kappa shape index (κ3) is 3.11. The van der Waals surface area contributed by atoms with Gasteiger partial charge in [0.05, 0.1) is 6.04 Å². The van der Waals surface area contributed by atoms with Gasteiger partial charge in [0.1, 0.15) is 0 Å². The summed E-state index contributed by atoms with van der Waals surface area (Å²) in [4.78, 5) is 4.40. The molecule has 0 heterocycles. The lowest BCUT2D eigenvalue weighted by molar-refractivity contribution is 0.676. The minimum atomic E-state index is 0.384. The molecule has 3 heteroatoms. The lowest BCUT2D eigenvalue weighted by Gasteiger charge is -2.10.